The van der Waals surface area contributed by atoms with E-state index in [1.165, 1.54) is 0 Å². The number of rotatable bonds is 0. The van der Waals surface area contributed by atoms with Crippen molar-refractivity contribution in [2.75, 3.05) is 0 Å². The first-order valence-corrected chi connectivity index (χ1v) is 9.32. The number of hydrogen-bond acceptors (Lipinski definition) is 0. The molecule has 0 aliphatic carbocycles. The Hall–Kier alpha value is 0.0283. The third-order valence-electron chi connectivity index (χ3n) is 0.774. The van der Waals surface area contributed by atoms with Gasteiger partial charge in [-0.1, -0.05) is 44.2 Å². The van der Waals surface area contributed by atoms with E-state index in [2.05, 4.69) is 0 Å². The second kappa shape index (κ2) is 13.0. The maximum absolute atomic E-state index is 7.00. The Labute approximate surface area is 103 Å². The van der Waals surface area contributed by atoms with E-state index >= 15 is 0 Å². The number of hydrogen-bond donors (Lipinski definition) is 0. The van der Waals surface area contributed by atoms with Crippen LogP contribution in [0.25, 0.3) is 5.73 Å². The number of nitrogens with one attached hydrogen (secondary N) is 1. The summed E-state index contributed by atoms with van der Waals surface area (Å²) in [4.78, 5) is 0. The first-order chi connectivity index (χ1) is 6.54. The van der Waals surface area contributed by atoms with E-state index < -0.39 is 16.5 Å². The van der Waals surface area contributed by atoms with E-state index in [0.29, 0.717) is 5.69 Å². The van der Waals surface area contributed by atoms with E-state index in [0.717, 1.165) is 5.57 Å². The van der Waals surface area contributed by atoms with Crippen LogP contribution in [0.1, 0.15) is 13.8 Å². The molecule has 0 aliphatic rings. The Kier molecular flexibility index (Phi) is 15.3. The minimum absolute atomic E-state index is 0.472. The summed E-state index contributed by atoms with van der Waals surface area (Å²) in [5.41, 5.74) is 8.48. The summed E-state index contributed by atoms with van der Waals surface area (Å²) in [7, 11) is 9.75. The van der Waals surface area contributed by atoms with Crippen molar-refractivity contribution in [1.29, 1.82) is 0 Å². The van der Waals surface area contributed by atoms with Crippen molar-refractivity contribution in [3.05, 3.63) is 48.2 Å². The van der Waals surface area contributed by atoms with Gasteiger partial charge in [0.25, 0.3) is 0 Å². The van der Waals surface area contributed by atoms with E-state index in [9.17, 15) is 0 Å². The van der Waals surface area contributed by atoms with Crippen molar-refractivity contribution in [3.8, 4) is 0 Å². The molecule has 0 amide bonds. The van der Waals surface area contributed by atoms with Crippen LogP contribution in [0.4, 0.5) is 5.69 Å². The predicted molar refractivity (Wildman–Crippen MR) is 61.3 cm³/mol. The molecular weight excluding hydrogens is 400 g/mol. The van der Waals surface area contributed by atoms with Crippen LogP contribution < -0.4 is 0 Å². The molecule has 4 heteroatoms. The molecule has 0 radical (unpaired) electrons. The van der Waals surface area contributed by atoms with E-state index in [1.807, 2.05) is 32.0 Å². The van der Waals surface area contributed by atoms with Gasteiger partial charge in [0.2, 0.25) is 0 Å². The summed E-state index contributed by atoms with van der Waals surface area (Å²) >= 11 is -0.472. The van der Waals surface area contributed by atoms with Crippen LogP contribution in [-0.4, -0.2) is 0 Å². The summed E-state index contributed by atoms with van der Waals surface area (Å²) in [6.45, 7) is 8.75. The molecule has 0 atom stereocenters. The Morgan fingerprint density at radius 3 is 1.64 bits per heavy atom. The van der Waals surface area contributed by atoms with E-state index in [-0.39, 0.29) is 0 Å². The molecule has 14 heavy (non-hydrogen) atoms. The fourth-order valence-corrected chi connectivity index (χ4v) is 0.438. The van der Waals surface area contributed by atoms with E-state index in [4.69, 9.17) is 31.1 Å². The normalized spacial score (nSPS) is 7.71. The van der Waals surface area contributed by atoms with Crippen molar-refractivity contribution in [1.82, 2.24) is 0 Å². The summed E-state index contributed by atoms with van der Waals surface area (Å²) in [5.74, 6) is 0. The standard InChI is InChI=1S/C6H6N.C4H7.2ClH.Pt/c7-6-4-2-1-3-5-6;1-4(2)3;;;/h1-5,7H;1H,2-3H3;2*1H;/q2*-1;;;+4/p-2. The zero-order valence-electron chi connectivity index (χ0n) is 8.04. The maximum atomic E-state index is 7.00. The Balaban J connectivity index is 0. The quantitative estimate of drug-likeness (QED) is 0.527. The van der Waals surface area contributed by atoms with Crippen molar-refractivity contribution in [3.63, 3.8) is 0 Å². The topological polar surface area (TPSA) is 23.8 Å². The van der Waals surface area contributed by atoms with Gasteiger partial charge < -0.3 is 12.3 Å². The molecule has 0 spiro atoms. The van der Waals surface area contributed by atoms with Gasteiger partial charge in [-0.2, -0.15) is 0 Å². The van der Waals surface area contributed by atoms with Crippen LogP contribution >= 0.6 is 18.8 Å². The molecule has 1 aromatic carbocycles. The molecule has 1 nitrogen and oxygen atoms in total. The van der Waals surface area contributed by atoms with Crippen LogP contribution in [0.5, 0.6) is 0 Å². The van der Waals surface area contributed by atoms with Crippen molar-refractivity contribution < 1.29 is 16.5 Å². The summed E-state index contributed by atoms with van der Waals surface area (Å²) in [6, 6.07) is 9.10. The van der Waals surface area contributed by atoms with Crippen LogP contribution in [0.3, 0.4) is 0 Å². The number of benzene rings is 1. The second-order valence-electron chi connectivity index (χ2n) is 2.49. The van der Waals surface area contributed by atoms with Crippen LogP contribution in [0.15, 0.2) is 35.9 Å². The summed E-state index contributed by atoms with van der Waals surface area (Å²) < 4.78 is 0. The van der Waals surface area contributed by atoms with Crippen molar-refractivity contribution in [2.24, 2.45) is 0 Å². The molecule has 1 rings (SSSR count). The second-order valence-corrected chi connectivity index (χ2v) is 5.77. The first-order valence-electron chi connectivity index (χ1n) is 3.69. The van der Waals surface area contributed by atoms with Crippen LogP contribution in [0.2, 0.25) is 0 Å². The number of halogens is 2. The molecule has 1 aromatic rings. The smallest absolute Gasteiger partial charge is 0.0624 e. The zero-order chi connectivity index (χ0) is 11.4. The predicted octanol–water partition coefficient (Wildman–Crippen LogP) is 5.13. The Bertz CT molecular complexity index is 223. The van der Waals surface area contributed by atoms with Gasteiger partial charge >= 0.3 is 35.3 Å². The molecule has 0 bridgehead atoms. The largest absolute Gasteiger partial charge is 0.699 e. The molecular formula is C10H13Cl2NPt. The van der Waals surface area contributed by atoms with Crippen molar-refractivity contribution in [2.45, 2.75) is 13.8 Å². The SMILES string of the molecule is [CH-]=C(C)C.[Cl][Pt+2][Cl].[NH-]c1ccccc1. The minimum atomic E-state index is -0.472. The van der Waals surface area contributed by atoms with Crippen LogP contribution in [0, 0.1) is 6.58 Å². The fourth-order valence-electron chi connectivity index (χ4n) is 0.438. The van der Waals surface area contributed by atoms with Gasteiger partial charge in [-0.05, 0) is 0 Å². The van der Waals surface area contributed by atoms with Crippen LogP contribution in [-0.2, 0) is 16.5 Å². The van der Waals surface area contributed by atoms with Gasteiger partial charge in [0, 0.05) is 0 Å². The monoisotopic (exact) mass is 412 g/mol. The summed E-state index contributed by atoms with van der Waals surface area (Å²) in [5, 5.41) is 0. The minimum Gasteiger partial charge on any atom is -0.699 e. The molecule has 0 aromatic heterocycles. The zero-order valence-corrected chi connectivity index (χ0v) is 11.8. The molecule has 0 heterocycles. The fraction of sp³-hybridized carbons (Fsp3) is 0.200. The average molecular weight is 413 g/mol. The molecule has 0 aliphatic heterocycles. The van der Waals surface area contributed by atoms with Crippen molar-refractivity contribution >= 4 is 24.5 Å². The van der Waals surface area contributed by atoms with E-state index in [1.54, 1.807) is 12.1 Å². The van der Waals surface area contributed by atoms with Gasteiger partial charge in [0.05, 0.1) is 0 Å². The molecule has 82 valence electrons. The molecule has 0 saturated heterocycles. The third-order valence-corrected chi connectivity index (χ3v) is 0.774. The third kappa shape index (κ3) is 22.7. The number of allylic oxidation sites excluding steroid dienone is 1. The van der Waals surface area contributed by atoms with Gasteiger partial charge in [-0.15, -0.1) is 5.69 Å². The first kappa shape index (κ1) is 16.5. The average Bonchev–Trinajstić information content (AvgIpc) is 2.05. The Morgan fingerprint density at radius 2 is 1.50 bits per heavy atom. The van der Waals surface area contributed by atoms with Gasteiger partial charge in [-0.3, -0.25) is 5.57 Å². The summed E-state index contributed by atoms with van der Waals surface area (Å²) in [6.07, 6.45) is 0. The molecule has 0 unspecified atom stereocenters. The van der Waals surface area contributed by atoms with Gasteiger partial charge in [0.1, 0.15) is 0 Å². The van der Waals surface area contributed by atoms with Gasteiger partial charge in [0.15, 0.2) is 0 Å². The molecule has 0 saturated carbocycles. The van der Waals surface area contributed by atoms with Gasteiger partial charge in [-0.25, -0.2) is 0 Å². The maximum Gasteiger partial charge on any atom is -0.0624 e. The molecule has 1 N–H and O–H groups in total. The Morgan fingerprint density at radius 1 is 1.21 bits per heavy atom. The molecule has 0 fully saturated rings.